The van der Waals surface area contributed by atoms with Crippen molar-refractivity contribution in [1.82, 2.24) is 14.7 Å². The van der Waals surface area contributed by atoms with E-state index < -0.39 is 10.0 Å². The molecule has 3 N–H and O–H groups in total. The number of nitrogens with zero attached hydrogens (tertiary/aromatic N) is 2. The first kappa shape index (κ1) is 14.0. The van der Waals surface area contributed by atoms with Gasteiger partial charge in [0.15, 0.2) is 0 Å². The molecule has 0 aliphatic carbocycles. The van der Waals surface area contributed by atoms with Crippen LogP contribution in [-0.2, 0) is 16.6 Å². The average Bonchev–Trinajstić information content (AvgIpc) is 2.89. The van der Waals surface area contributed by atoms with Crippen LogP contribution in [0.15, 0.2) is 34.9 Å². The van der Waals surface area contributed by atoms with Crippen LogP contribution in [0.3, 0.4) is 0 Å². The molecule has 2 heterocycles. The lowest BCUT2D eigenvalue weighted by atomic mass is 10.3. The van der Waals surface area contributed by atoms with Crippen molar-refractivity contribution in [2.75, 3.05) is 0 Å². The molecule has 2 rings (SSSR count). The van der Waals surface area contributed by atoms with Crippen LogP contribution in [0.5, 0.6) is 0 Å². The van der Waals surface area contributed by atoms with E-state index in [1.165, 1.54) is 29.7 Å². The van der Waals surface area contributed by atoms with Crippen molar-refractivity contribution < 1.29 is 8.42 Å². The van der Waals surface area contributed by atoms with E-state index in [1.54, 1.807) is 11.7 Å². The molecule has 9 heteroatoms. The fourth-order valence-corrected chi connectivity index (χ4v) is 3.39. The van der Waals surface area contributed by atoms with Gasteiger partial charge in [0, 0.05) is 23.8 Å². The Labute approximate surface area is 119 Å². The van der Waals surface area contributed by atoms with E-state index in [1.807, 2.05) is 0 Å². The summed E-state index contributed by atoms with van der Waals surface area (Å²) < 4.78 is 26.8. The predicted octanol–water partition coefficient (Wildman–Crippen LogP) is 0.651. The highest BCUT2D eigenvalue weighted by atomic mass is 32.2. The van der Waals surface area contributed by atoms with Gasteiger partial charge in [0.2, 0.25) is 10.0 Å². The Morgan fingerprint density at radius 1 is 1.53 bits per heavy atom. The van der Waals surface area contributed by atoms with E-state index in [2.05, 4.69) is 14.7 Å². The molecule has 0 spiro atoms. The zero-order chi connectivity index (χ0) is 13.9. The number of pyridine rings is 1. The average molecular weight is 314 g/mol. The van der Waals surface area contributed by atoms with Gasteiger partial charge in [-0.15, -0.1) is 11.3 Å². The highest BCUT2D eigenvalue weighted by Crippen LogP contribution is 2.14. The smallest absolute Gasteiger partial charge is 0.243 e. The summed E-state index contributed by atoms with van der Waals surface area (Å²) in [7, 11) is -3.71. The lowest BCUT2D eigenvalue weighted by Crippen LogP contribution is -2.26. The summed E-state index contributed by atoms with van der Waals surface area (Å²) in [5.41, 5.74) is 7.20. The van der Waals surface area contributed by atoms with E-state index in [-0.39, 0.29) is 22.1 Å². The second-order valence-corrected chi connectivity index (χ2v) is 6.65. The van der Waals surface area contributed by atoms with Crippen molar-refractivity contribution in [3.8, 4) is 0 Å². The van der Waals surface area contributed by atoms with Gasteiger partial charge in [-0.1, -0.05) is 12.2 Å². The van der Waals surface area contributed by atoms with Crippen molar-refractivity contribution in [2.45, 2.75) is 11.4 Å². The molecule has 100 valence electrons. The Morgan fingerprint density at radius 3 is 2.95 bits per heavy atom. The lowest BCUT2D eigenvalue weighted by molar-refractivity contribution is 0.581. The Kier molecular flexibility index (Phi) is 4.20. The molecule has 0 amide bonds. The van der Waals surface area contributed by atoms with E-state index in [0.29, 0.717) is 0 Å². The van der Waals surface area contributed by atoms with Crippen molar-refractivity contribution in [3.63, 3.8) is 0 Å². The number of hydrogen-bond acceptors (Lipinski definition) is 6. The molecule has 0 aliphatic heterocycles. The molecule has 0 aliphatic rings. The third kappa shape index (κ3) is 3.32. The molecule has 0 aromatic carbocycles. The maximum absolute atomic E-state index is 12.2. The minimum absolute atomic E-state index is 0.0213. The molecule has 0 saturated carbocycles. The normalized spacial score (nSPS) is 11.4. The molecule has 2 aromatic rings. The summed E-state index contributed by atoms with van der Waals surface area (Å²) in [6.07, 6.45) is 3.04. The molecule has 0 atom stereocenters. The molecule has 0 radical (unpaired) electrons. The molecule has 0 fully saturated rings. The van der Waals surface area contributed by atoms with Gasteiger partial charge in [-0.25, -0.2) is 13.1 Å². The highest BCUT2D eigenvalue weighted by Gasteiger charge is 2.20. The summed E-state index contributed by atoms with van der Waals surface area (Å²) in [5, 5.41) is 0. The fourth-order valence-electron chi connectivity index (χ4n) is 1.37. The van der Waals surface area contributed by atoms with E-state index in [9.17, 15) is 8.42 Å². The van der Waals surface area contributed by atoms with Crippen LogP contribution in [0, 0.1) is 0 Å². The van der Waals surface area contributed by atoms with Gasteiger partial charge < -0.3 is 5.73 Å². The Hall–Kier alpha value is -1.42. The van der Waals surface area contributed by atoms with Crippen LogP contribution in [0.4, 0.5) is 0 Å². The van der Waals surface area contributed by atoms with Crippen LogP contribution in [0.2, 0.25) is 0 Å². The minimum Gasteiger partial charge on any atom is -0.388 e. The van der Waals surface area contributed by atoms with Gasteiger partial charge in [-0.3, -0.25) is 9.97 Å². The quantitative estimate of drug-likeness (QED) is 0.786. The van der Waals surface area contributed by atoms with E-state index in [0.717, 1.165) is 4.88 Å². The second-order valence-electron chi connectivity index (χ2n) is 3.51. The lowest BCUT2D eigenvalue weighted by Gasteiger charge is -2.08. The van der Waals surface area contributed by atoms with E-state index in [4.69, 9.17) is 18.0 Å². The largest absolute Gasteiger partial charge is 0.388 e. The molecule has 6 nitrogen and oxygen atoms in total. The maximum atomic E-state index is 12.2. The standard InChI is InChI=1S/C10H10N4O2S3/c11-10(17)9-8(2-1-3-13-9)19(15,16)14-5-7-4-12-6-18-7/h1-4,6,14H,5H2,(H2,11,17). The molecular weight excluding hydrogens is 304 g/mol. The summed E-state index contributed by atoms with van der Waals surface area (Å²) in [6, 6.07) is 2.93. The number of sulfonamides is 1. The van der Waals surface area contributed by atoms with Gasteiger partial charge in [-0.05, 0) is 12.1 Å². The molecule has 19 heavy (non-hydrogen) atoms. The summed E-state index contributed by atoms with van der Waals surface area (Å²) >= 11 is 6.16. The molecule has 0 unspecified atom stereocenters. The van der Waals surface area contributed by atoms with Crippen LogP contribution < -0.4 is 10.5 Å². The number of thiazole rings is 1. The molecule has 0 saturated heterocycles. The topological polar surface area (TPSA) is 98.0 Å². The second kappa shape index (κ2) is 5.70. The predicted molar refractivity (Wildman–Crippen MR) is 76.3 cm³/mol. The van der Waals surface area contributed by atoms with Crippen molar-refractivity contribution in [2.24, 2.45) is 5.73 Å². The van der Waals surface area contributed by atoms with Gasteiger partial charge >= 0.3 is 0 Å². The Bertz CT molecular complexity index is 683. The monoisotopic (exact) mass is 314 g/mol. The molecular formula is C10H10N4O2S3. The number of nitrogens with two attached hydrogens (primary N) is 1. The number of hydrogen-bond donors (Lipinski definition) is 2. The number of thiocarbonyl (C=S) groups is 1. The molecule has 2 aromatic heterocycles. The Balaban J connectivity index is 2.27. The van der Waals surface area contributed by atoms with Gasteiger partial charge in [0.25, 0.3) is 0 Å². The maximum Gasteiger partial charge on any atom is 0.243 e. The zero-order valence-electron chi connectivity index (χ0n) is 9.61. The summed E-state index contributed by atoms with van der Waals surface area (Å²) in [6.45, 7) is 0.165. The van der Waals surface area contributed by atoms with Crippen molar-refractivity contribution >= 4 is 38.6 Å². The van der Waals surface area contributed by atoms with Crippen molar-refractivity contribution in [1.29, 1.82) is 0 Å². The van der Waals surface area contributed by atoms with Crippen LogP contribution in [0.1, 0.15) is 10.6 Å². The highest BCUT2D eigenvalue weighted by molar-refractivity contribution is 7.89. The van der Waals surface area contributed by atoms with Gasteiger partial charge in [-0.2, -0.15) is 0 Å². The van der Waals surface area contributed by atoms with Gasteiger partial charge in [0.1, 0.15) is 15.6 Å². The fraction of sp³-hybridized carbons (Fsp3) is 0.100. The Morgan fingerprint density at radius 2 is 2.32 bits per heavy atom. The SMILES string of the molecule is NC(=S)c1ncccc1S(=O)(=O)NCc1cncs1. The van der Waals surface area contributed by atoms with Crippen LogP contribution >= 0.6 is 23.6 Å². The number of nitrogens with one attached hydrogen (secondary N) is 1. The number of aromatic nitrogens is 2. The van der Waals surface area contributed by atoms with Crippen LogP contribution in [0.25, 0.3) is 0 Å². The summed E-state index contributed by atoms with van der Waals surface area (Å²) in [5.74, 6) is 0. The first-order chi connectivity index (χ1) is 9.00. The summed E-state index contributed by atoms with van der Waals surface area (Å²) in [4.78, 5) is 8.50. The third-order valence-electron chi connectivity index (χ3n) is 2.21. The minimum atomic E-state index is -3.71. The first-order valence-electron chi connectivity index (χ1n) is 5.12. The van der Waals surface area contributed by atoms with Crippen LogP contribution in [-0.4, -0.2) is 23.4 Å². The van der Waals surface area contributed by atoms with E-state index >= 15 is 0 Å². The van der Waals surface area contributed by atoms with Crippen molar-refractivity contribution in [3.05, 3.63) is 40.6 Å². The molecule has 0 bridgehead atoms. The van der Waals surface area contributed by atoms with Gasteiger partial charge in [0.05, 0.1) is 5.51 Å². The zero-order valence-corrected chi connectivity index (χ0v) is 12.1. The number of rotatable bonds is 5. The third-order valence-corrected chi connectivity index (χ3v) is 4.62. The first-order valence-corrected chi connectivity index (χ1v) is 7.89.